The summed E-state index contributed by atoms with van der Waals surface area (Å²) in [6, 6.07) is 15.5. The summed E-state index contributed by atoms with van der Waals surface area (Å²) in [5.41, 5.74) is 8.15. The first-order valence-electron chi connectivity index (χ1n) is 9.82. The molecule has 0 bridgehead atoms. The number of imidazole rings is 1. The number of aromatic nitrogens is 2. The van der Waals surface area contributed by atoms with E-state index in [1.165, 1.54) is 0 Å². The Bertz CT molecular complexity index is 923. The second kappa shape index (κ2) is 10.0. The molecule has 1 heterocycles. The number of ether oxygens (including phenoxy) is 1. The number of benzene rings is 2. The Hall–Kier alpha value is -2.90. The van der Waals surface area contributed by atoms with Crippen molar-refractivity contribution in [1.29, 1.82) is 0 Å². The predicted molar refractivity (Wildman–Crippen MR) is 113 cm³/mol. The van der Waals surface area contributed by atoms with E-state index < -0.39 is 6.10 Å². The number of aryl methyl sites for hydroxylation is 1. The highest BCUT2D eigenvalue weighted by Crippen LogP contribution is 2.14. The molecular weight excluding hydrogens is 368 g/mol. The van der Waals surface area contributed by atoms with Gasteiger partial charge in [0.15, 0.2) is 0 Å². The molecule has 154 valence electrons. The molecular formula is C22H28N4O3. The number of carbonyl (C=O) groups is 1. The van der Waals surface area contributed by atoms with Gasteiger partial charge in [-0.2, -0.15) is 0 Å². The van der Waals surface area contributed by atoms with Crippen molar-refractivity contribution in [3.8, 4) is 5.75 Å². The normalized spacial score (nSPS) is 13.3. The van der Waals surface area contributed by atoms with E-state index in [4.69, 9.17) is 10.5 Å². The number of fused-ring (bicyclic) bond motifs is 1. The molecule has 0 radical (unpaired) electrons. The van der Waals surface area contributed by atoms with Crippen LogP contribution in [0.3, 0.4) is 0 Å². The summed E-state index contributed by atoms with van der Waals surface area (Å²) in [6.07, 6.45) is 2.39. The van der Waals surface area contributed by atoms with E-state index in [1.54, 1.807) is 24.3 Å². The second-order valence-electron chi connectivity index (χ2n) is 7.28. The Morgan fingerprint density at radius 2 is 2.00 bits per heavy atom. The minimum atomic E-state index is -0.614. The number of hydrogen-bond acceptors (Lipinski definition) is 5. The average Bonchev–Trinajstić information content (AvgIpc) is 3.13. The first kappa shape index (κ1) is 20.8. The minimum absolute atomic E-state index is 0.195. The van der Waals surface area contributed by atoms with Crippen molar-refractivity contribution in [1.82, 2.24) is 14.9 Å². The summed E-state index contributed by atoms with van der Waals surface area (Å²) >= 11 is 0. The lowest BCUT2D eigenvalue weighted by Crippen LogP contribution is -2.37. The number of aliphatic hydroxyl groups excluding tert-OH is 1. The SMILES string of the molecule is CC(CCn1cnc2ccccc21)NCC(O)COc1ccc(CC(N)=O)cc1. The van der Waals surface area contributed by atoms with E-state index in [0.29, 0.717) is 12.3 Å². The standard InChI is InChI=1S/C22H28N4O3/c1-16(10-11-26-15-25-20-4-2-3-5-21(20)26)24-13-18(27)14-29-19-8-6-17(7-9-19)12-22(23)28/h2-9,15-16,18,24,27H,10-14H2,1H3,(H2,23,28). The van der Waals surface area contributed by atoms with Crippen LogP contribution < -0.4 is 15.8 Å². The quantitative estimate of drug-likeness (QED) is 0.459. The van der Waals surface area contributed by atoms with Gasteiger partial charge in [-0.25, -0.2) is 4.98 Å². The Morgan fingerprint density at radius 1 is 1.24 bits per heavy atom. The van der Waals surface area contributed by atoms with Crippen molar-refractivity contribution in [3.05, 3.63) is 60.4 Å². The van der Waals surface area contributed by atoms with E-state index >= 15 is 0 Å². The number of nitrogens with two attached hydrogens (primary N) is 1. The molecule has 0 saturated carbocycles. The third kappa shape index (κ3) is 6.30. The van der Waals surface area contributed by atoms with Crippen molar-refractivity contribution in [2.24, 2.45) is 5.73 Å². The largest absolute Gasteiger partial charge is 0.491 e. The molecule has 7 nitrogen and oxygen atoms in total. The van der Waals surface area contributed by atoms with Gasteiger partial charge in [0.2, 0.25) is 5.91 Å². The van der Waals surface area contributed by atoms with E-state index in [1.807, 2.05) is 24.5 Å². The third-order valence-corrected chi connectivity index (χ3v) is 4.78. The van der Waals surface area contributed by atoms with Crippen molar-refractivity contribution in [3.63, 3.8) is 0 Å². The molecule has 7 heteroatoms. The number of primary amides is 1. The second-order valence-corrected chi connectivity index (χ2v) is 7.28. The number of hydrogen-bond donors (Lipinski definition) is 3. The Kier molecular flexibility index (Phi) is 7.21. The number of rotatable bonds is 11. The number of aliphatic hydroxyl groups is 1. The Morgan fingerprint density at radius 3 is 2.76 bits per heavy atom. The molecule has 0 fully saturated rings. The first-order chi connectivity index (χ1) is 14.0. The molecule has 0 saturated heterocycles. The summed E-state index contributed by atoms with van der Waals surface area (Å²) in [5.74, 6) is 0.285. The lowest BCUT2D eigenvalue weighted by molar-refractivity contribution is -0.117. The fourth-order valence-corrected chi connectivity index (χ4v) is 3.12. The highest BCUT2D eigenvalue weighted by molar-refractivity contribution is 5.76. The number of nitrogens with one attached hydrogen (secondary N) is 1. The molecule has 2 aromatic carbocycles. The number of carbonyl (C=O) groups excluding carboxylic acids is 1. The first-order valence-corrected chi connectivity index (χ1v) is 9.82. The van der Waals surface area contributed by atoms with Gasteiger partial charge >= 0.3 is 0 Å². The number of amides is 1. The van der Waals surface area contributed by atoms with Crippen LogP contribution in [0, 0.1) is 0 Å². The van der Waals surface area contributed by atoms with Crippen LogP contribution in [0.1, 0.15) is 18.9 Å². The molecule has 1 amide bonds. The maximum atomic E-state index is 10.9. The zero-order valence-corrected chi connectivity index (χ0v) is 16.6. The molecule has 0 spiro atoms. The number of nitrogens with zero attached hydrogens (tertiary/aromatic N) is 2. The highest BCUT2D eigenvalue weighted by Gasteiger charge is 2.09. The van der Waals surface area contributed by atoms with Crippen LogP contribution in [0.4, 0.5) is 0 Å². The van der Waals surface area contributed by atoms with Crippen LogP contribution >= 0.6 is 0 Å². The molecule has 2 atom stereocenters. The van der Waals surface area contributed by atoms with Crippen LogP contribution in [0.2, 0.25) is 0 Å². The van der Waals surface area contributed by atoms with Crippen molar-refractivity contribution < 1.29 is 14.6 Å². The van der Waals surface area contributed by atoms with Crippen molar-refractivity contribution in [2.75, 3.05) is 13.2 Å². The maximum absolute atomic E-state index is 10.9. The highest BCUT2D eigenvalue weighted by atomic mass is 16.5. The third-order valence-electron chi connectivity index (χ3n) is 4.78. The molecule has 3 aromatic rings. The van der Waals surface area contributed by atoms with Crippen LogP contribution in [0.15, 0.2) is 54.9 Å². The summed E-state index contributed by atoms with van der Waals surface area (Å²) in [7, 11) is 0. The molecule has 0 aliphatic heterocycles. The van der Waals surface area contributed by atoms with Gasteiger partial charge in [0, 0.05) is 19.1 Å². The van der Waals surface area contributed by atoms with Gasteiger partial charge in [-0.05, 0) is 43.2 Å². The fourth-order valence-electron chi connectivity index (χ4n) is 3.12. The Balaban J connectivity index is 1.36. The molecule has 29 heavy (non-hydrogen) atoms. The lowest BCUT2D eigenvalue weighted by atomic mass is 10.1. The van der Waals surface area contributed by atoms with Crippen LogP contribution in [-0.2, 0) is 17.8 Å². The van der Waals surface area contributed by atoms with E-state index in [-0.39, 0.29) is 25.0 Å². The van der Waals surface area contributed by atoms with E-state index in [0.717, 1.165) is 29.6 Å². The molecule has 0 aliphatic rings. The fraction of sp³-hybridized carbons (Fsp3) is 0.364. The van der Waals surface area contributed by atoms with Gasteiger partial charge in [0.25, 0.3) is 0 Å². The van der Waals surface area contributed by atoms with Crippen LogP contribution in [0.25, 0.3) is 11.0 Å². The zero-order valence-electron chi connectivity index (χ0n) is 16.6. The monoisotopic (exact) mass is 396 g/mol. The van der Waals surface area contributed by atoms with Crippen LogP contribution in [0.5, 0.6) is 5.75 Å². The van der Waals surface area contributed by atoms with Gasteiger partial charge in [0.05, 0.1) is 23.8 Å². The van der Waals surface area contributed by atoms with Gasteiger partial charge in [0.1, 0.15) is 18.5 Å². The summed E-state index contributed by atoms with van der Waals surface area (Å²) in [4.78, 5) is 15.3. The summed E-state index contributed by atoms with van der Waals surface area (Å²) in [6.45, 7) is 3.61. The van der Waals surface area contributed by atoms with E-state index in [9.17, 15) is 9.90 Å². The van der Waals surface area contributed by atoms with Crippen LogP contribution in [-0.4, -0.2) is 45.9 Å². The van der Waals surface area contributed by atoms with Crippen molar-refractivity contribution in [2.45, 2.75) is 38.5 Å². The van der Waals surface area contributed by atoms with Gasteiger partial charge < -0.3 is 25.5 Å². The predicted octanol–water partition coefficient (Wildman–Crippen LogP) is 1.87. The molecule has 1 aromatic heterocycles. The molecule has 0 aliphatic carbocycles. The smallest absolute Gasteiger partial charge is 0.221 e. The summed E-state index contributed by atoms with van der Waals surface area (Å²) in [5, 5.41) is 13.5. The minimum Gasteiger partial charge on any atom is -0.491 e. The maximum Gasteiger partial charge on any atom is 0.221 e. The number of para-hydroxylation sites is 2. The molecule has 4 N–H and O–H groups in total. The van der Waals surface area contributed by atoms with E-state index in [2.05, 4.69) is 27.9 Å². The molecule has 3 rings (SSSR count). The average molecular weight is 396 g/mol. The van der Waals surface area contributed by atoms with Gasteiger partial charge in [-0.3, -0.25) is 4.79 Å². The molecule has 2 unspecified atom stereocenters. The Labute approximate surface area is 170 Å². The van der Waals surface area contributed by atoms with Gasteiger partial charge in [-0.15, -0.1) is 0 Å². The topological polar surface area (TPSA) is 102 Å². The van der Waals surface area contributed by atoms with Crippen molar-refractivity contribution >= 4 is 16.9 Å². The summed E-state index contributed by atoms with van der Waals surface area (Å²) < 4.78 is 7.76. The zero-order chi connectivity index (χ0) is 20.6. The van der Waals surface area contributed by atoms with Gasteiger partial charge in [-0.1, -0.05) is 24.3 Å². The lowest BCUT2D eigenvalue weighted by Gasteiger charge is -2.18.